The first-order chi connectivity index (χ1) is 6.36. The van der Waals surface area contributed by atoms with Crippen LogP contribution in [0.25, 0.3) is 0 Å². The largest absolute Gasteiger partial charge is 0.384 e. The number of hydrogen-bond acceptors (Lipinski definition) is 2. The molecule has 2 rings (SSSR count). The van der Waals surface area contributed by atoms with Crippen molar-refractivity contribution in [2.75, 3.05) is 5.73 Å². The van der Waals surface area contributed by atoms with Crippen LogP contribution >= 0.6 is 0 Å². The van der Waals surface area contributed by atoms with Crippen molar-refractivity contribution in [3.8, 4) is 0 Å². The normalized spacial score (nSPS) is 10.2. The second-order valence-electron chi connectivity index (χ2n) is 2.97. The van der Waals surface area contributed by atoms with Gasteiger partial charge in [-0.15, -0.1) is 0 Å². The van der Waals surface area contributed by atoms with Gasteiger partial charge in [0.1, 0.15) is 5.82 Å². The molecule has 0 unspecified atom stereocenters. The number of aromatic amines is 1. The van der Waals surface area contributed by atoms with E-state index in [1.54, 1.807) is 6.20 Å². The summed E-state index contributed by atoms with van der Waals surface area (Å²) in [5.41, 5.74) is 7.96. The molecule has 0 aliphatic rings. The van der Waals surface area contributed by atoms with E-state index in [0.29, 0.717) is 5.82 Å². The van der Waals surface area contributed by atoms with E-state index in [9.17, 15) is 0 Å². The predicted octanol–water partition coefficient (Wildman–Crippen LogP) is 1.58. The Kier molecular flexibility index (Phi) is 2.00. The Labute approximate surface area is 76.6 Å². The zero-order valence-electron chi connectivity index (χ0n) is 7.20. The van der Waals surface area contributed by atoms with Crippen LogP contribution in [0.4, 0.5) is 5.82 Å². The van der Waals surface area contributed by atoms with Gasteiger partial charge >= 0.3 is 0 Å². The summed E-state index contributed by atoms with van der Waals surface area (Å²) in [6.45, 7) is 0. The summed E-state index contributed by atoms with van der Waals surface area (Å²) in [5, 5.41) is 6.58. The van der Waals surface area contributed by atoms with E-state index in [0.717, 1.165) is 12.0 Å². The third-order valence-corrected chi connectivity index (χ3v) is 1.99. The third-order valence-electron chi connectivity index (χ3n) is 1.99. The molecule has 1 aromatic heterocycles. The lowest BCUT2D eigenvalue weighted by Gasteiger charge is -1.98. The average Bonchev–Trinajstić information content (AvgIpc) is 2.54. The van der Waals surface area contributed by atoms with Gasteiger partial charge in [-0.05, 0) is 5.56 Å². The van der Waals surface area contributed by atoms with Crippen LogP contribution in [0.2, 0.25) is 0 Å². The summed E-state index contributed by atoms with van der Waals surface area (Å²) < 4.78 is 0. The van der Waals surface area contributed by atoms with Crippen LogP contribution in [0.15, 0.2) is 36.5 Å². The Bertz CT molecular complexity index is 378. The first kappa shape index (κ1) is 7.86. The SMILES string of the molecule is Nc1[nH]ncc1Cc1ccccc1. The van der Waals surface area contributed by atoms with Crippen LogP contribution in [0, 0.1) is 0 Å². The minimum Gasteiger partial charge on any atom is -0.384 e. The van der Waals surface area contributed by atoms with Crippen molar-refractivity contribution < 1.29 is 0 Å². The Morgan fingerprint density at radius 1 is 1.23 bits per heavy atom. The highest BCUT2D eigenvalue weighted by Gasteiger charge is 2.01. The van der Waals surface area contributed by atoms with Crippen molar-refractivity contribution >= 4 is 5.82 Å². The zero-order valence-corrected chi connectivity index (χ0v) is 7.20. The van der Waals surface area contributed by atoms with Crippen LogP contribution in [0.5, 0.6) is 0 Å². The van der Waals surface area contributed by atoms with Gasteiger partial charge in [-0.2, -0.15) is 5.10 Å². The van der Waals surface area contributed by atoms with Crippen molar-refractivity contribution in [1.29, 1.82) is 0 Å². The molecule has 2 aromatic rings. The fourth-order valence-corrected chi connectivity index (χ4v) is 1.28. The van der Waals surface area contributed by atoms with Gasteiger partial charge in [0, 0.05) is 12.0 Å². The summed E-state index contributed by atoms with van der Waals surface area (Å²) in [5.74, 6) is 0.656. The Morgan fingerprint density at radius 3 is 2.62 bits per heavy atom. The zero-order chi connectivity index (χ0) is 9.10. The Morgan fingerprint density at radius 2 is 2.00 bits per heavy atom. The molecule has 3 N–H and O–H groups in total. The van der Waals surface area contributed by atoms with E-state index >= 15 is 0 Å². The van der Waals surface area contributed by atoms with Crippen molar-refractivity contribution in [1.82, 2.24) is 10.2 Å². The van der Waals surface area contributed by atoms with Gasteiger partial charge in [0.05, 0.1) is 6.20 Å². The fourth-order valence-electron chi connectivity index (χ4n) is 1.28. The van der Waals surface area contributed by atoms with E-state index in [1.165, 1.54) is 5.56 Å². The molecule has 1 heterocycles. The van der Waals surface area contributed by atoms with Crippen LogP contribution in [0.3, 0.4) is 0 Å². The van der Waals surface area contributed by atoms with Gasteiger partial charge in [0.15, 0.2) is 0 Å². The van der Waals surface area contributed by atoms with Crippen LogP contribution < -0.4 is 5.73 Å². The molecular formula is C10H11N3. The van der Waals surface area contributed by atoms with E-state index in [-0.39, 0.29) is 0 Å². The molecule has 0 aliphatic heterocycles. The lowest BCUT2D eigenvalue weighted by molar-refractivity contribution is 1.10. The van der Waals surface area contributed by atoms with Crippen molar-refractivity contribution in [3.63, 3.8) is 0 Å². The van der Waals surface area contributed by atoms with Crippen molar-refractivity contribution in [2.24, 2.45) is 0 Å². The molecule has 0 aliphatic carbocycles. The molecular weight excluding hydrogens is 162 g/mol. The monoisotopic (exact) mass is 173 g/mol. The summed E-state index contributed by atoms with van der Waals surface area (Å²) in [7, 11) is 0. The van der Waals surface area contributed by atoms with Gasteiger partial charge in [0.2, 0.25) is 0 Å². The number of nitrogen functional groups attached to an aromatic ring is 1. The molecule has 0 atom stereocenters. The lowest BCUT2D eigenvalue weighted by Crippen LogP contribution is -1.92. The highest BCUT2D eigenvalue weighted by Crippen LogP contribution is 2.12. The van der Waals surface area contributed by atoms with Crippen LogP contribution in [-0.2, 0) is 6.42 Å². The molecule has 1 aromatic carbocycles. The van der Waals surface area contributed by atoms with Crippen LogP contribution in [-0.4, -0.2) is 10.2 Å². The first-order valence-electron chi connectivity index (χ1n) is 4.18. The van der Waals surface area contributed by atoms with Gasteiger partial charge in [-0.1, -0.05) is 30.3 Å². The molecule has 0 fully saturated rings. The Hall–Kier alpha value is -1.77. The average molecular weight is 173 g/mol. The maximum absolute atomic E-state index is 5.67. The molecule has 0 radical (unpaired) electrons. The van der Waals surface area contributed by atoms with Gasteiger partial charge in [-0.25, -0.2) is 0 Å². The number of benzene rings is 1. The smallest absolute Gasteiger partial charge is 0.122 e. The lowest BCUT2D eigenvalue weighted by atomic mass is 10.1. The summed E-state index contributed by atoms with van der Waals surface area (Å²) in [6, 6.07) is 10.2. The summed E-state index contributed by atoms with van der Waals surface area (Å²) >= 11 is 0. The van der Waals surface area contributed by atoms with Gasteiger partial charge < -0.3 is 5.73 Å². The number of aromatic nitrogens is 2. The predicted molar refractivity (Wildman–Crippen MR) is 52.2 cm³/mol. The highest BCUT2D eigenvalue weighted by atomic mass is 15.1. The maximum atomic E-state index is 5.67. The molecule has 0 saturated heterocycles. The molecule has 0 amide bonds. The molecule has 0 bridgehead atoms. The highest BCUT2D eigenvalue weighted by molar-refractivity contribution is 5.40. The minimum absolute atomic E-state index is 0.656. The minimum atomic E-state index is 0.656. The quantitative estimate of drug-likeness (QED) is 0.724. The van der Waals surface area contributed by atoms with E-state index in [1.807, 2.05) is 18.2 Å². The van der Waals surface area contributed by atoms with E-state index < -0.39 is 0 Å². The number of anilines is 1. The molecule has 3 nitrogen and oxygen atoms in total. The number of H-pyrrole nitrogens is 1. The van der Waals surface area contributed by atoms with E-state index in [4.69, 9.17) is 5.73 Å². The molecule has 3 heteroatoms. The van der Waals surface area contributed by atoms with Crippen molar-refractivity contribution in [3.05, 3.63) is 47.7 Å². The number of nitrogens with zero attached hydrogens (tertiary/aromatic N) is 1. The van der Waals surface area contributed by atoms with E-state index in [2.05, 4.69) is 22.3 Å². The fraction of sp³-hybridized carbons (Fsp3) is 0.100. The number of nitrogens with one attached hydrogen (secondary N) is 1. The van der Waals surface area contributed by atoms with Crippen LogP contribution in [0.1, 0.15) is 11.1 Å². The molecule has 13 heavy (non-hydrogen) atoms. The first-order valence-corrected chi connectivity index (χ1v) is 4.18. The Balaban J connectivity index is 2.20. The molecule has 0 spiro atoms. The topological polar surface area (TPSA) is 54.7 Å². The van der Waals surface area contributed by atoms with Gasteiger partial charge in [0.25, 0.3) is 0 Å². The summed E-state index contributed by atoms with van der Waals surface area (Å²) in [6.07, 6.45) is 2.60. The third kappa shape index (κ3) is 1.69. The number of rotatable bonds is 2. The second-order valence-corrected chi connectivity index (χ2v) is 2.97. The number of nitrogens with two attached hydrogens (primary N) is 1. The summed E-state index contributed by atoms with van der Waals surface area (Å²) in [4.78, 5) is 0. The number of hydrogen-bond donors (Lipinski definition) is 2. The van der Waals surface area contributed by atoms with Gasteiger partial charge in [-0.3, -0.25) is 5.10 Å². The molecule has 0 saturated carbocycles. The molecule has 66 valence electrons. The standard InChI is InChI=1S/C10H11N3/c11-10-9(7-12-13-10)6-8-4-2-1-3-5-8/h1-5,7H,6H2,(H3,11,12,13). The maximum Gasteiger partial charge on any atom is 0.122 e. The second kappa shape index (κ2) is 3.31. The van der Waals surface area contributed by atoms with Crippen molar-refractivity contribution in [2.45, 2.75) is 6.42 Å².